The Kier molecular flexibility index (Phi) is 3.58. The van der Waals surface area contributed by atoms with Crippen LogP contribution >= 0.6 is 15.9 Å². The molecule has 0 aliphatic heterocycles. The average molecular weight is 295 g/mol. The molecule has 0 saturated heterocycles. The van der Waals surface area contributed by atoms with E-state index in [1.54, 1.807) is 12.3 Å². The highest BCUT2D eigenvalue weighted by atomic mass is 79.9. The van der Waals surface area contributed by atoms with Gasteiger partial charge in [0.1, 0.15) is 0 Å². The molecule has 4 nitrogen and oxygen atoms in total. The standard InChI is InChI=1S/C12H11BrN2O2/c1-8-3-2-5-14-10(8)7-15-12(16)9-4-6-17-11(9)13/h2-6H,7H2,1H3,(H,15,16). The fraction of sp³-hybridized carbons (Fsp3) is 0.167. The van der Waals surface area contributed by atoms with Gasteiger partial charge in [-0.25, -0.2) is 0 Å². The summed E-state index contributed by atoms with van der Waals surface area (Å²) in [6, 6.07) is 5.44. The summed E-state index contributed by atoms with van der Waals surface area (Å²) < 4.78 is 5.44. The summed E-state index contributed by atoms with van der Waals surface area (Å²) in [6.07, 6.45) is 3.17. The summed E-state index contributed by atoms with van der Waals surface area (Å²) in [5, 5.41) is 2.79. The second-order valence-corrected chi connectivity index (χ2v) is 4.28. The van der Waals surface area contributed by atoms with Crippen molar-refractivity contribution >= 4 is 21.8 Å². The second-order valence-electron chi connectivity index (χ2n) is 3.56. The molecule has 5 heteroatoms. The Bertz CT molecular complexity index is 537. The van der Waals surface area contributed by atoms with Gasteiger partial charge < -0.3 is 9.73 Å². The van der Waals surface area contributed by atoms with Gasteiger partial charge in [-0.3, -0.25) is 9.78 Å². The van der Waals surface area contributed by atoms with Crippen LogP contribution < -0.4 is 5.32 Å². The predicted octanol–water partition coefficient (Wildman–Crippen LogP) is 2.68. The number of nitrogens with one attached hydrogen (secondary N) is 1. The molecule has 2 rings (SSSR count). The Morgan fingerprint density at radius 3 is 3.00 bits per heavy atom. The van der Waals surface area contributed by atoms with Gasteiger partial charge in [-0.15, -0.1) is 0 Å². The summed E-state index contributed by atoms with van der Waals surface area (Å²) in [7, 11) is 0. The van der Waals surface area contributed by atoms with Crippen molar-refractivity contribution in [3.8, 4) is 0 Å². The summed E-state index contributed by atoms with van der Waals surface area (Å²) in [5.74, 6) is -0.185. The van der Waals surface area contributed by atoms with Crippen LogP contribution in [-0.4, -0.2) is 10.9 Å². The molecule has 0 fully saturated rings. The van der Waals surface area contributed by atoms with Crippen molar-refractivity contribution in [3.63, 3.8) is 0 Å². The van der Waals surface area contributed by atoms with Crippen LogP contribution in [0.2, 0.25) is 0 Å². The van der Waals surface area contributed by atoms with Crippen LogP contribution in [0.1, 0.15) is 21.6 Å². The topological polar surface area (TPSA) is 55.1 Å². The fourth-order valence-corrected chi connectivity index (χ4v) is 1.84. The maximum atomic E-state index is 11.8. The minimum Gasteiger partial charge on any atom is -0.457 e. The fourth-order valence-electron chi connectivity index (χ4n) is 1.42. The van der Waals surface area contributed by atoms with E-state index in [1.807, 2.05) is 19.1 Å². The van der Waals surface area contributed by atoms with Crippen molar-refractivity contribution in [2.75, 3.05) is 0 Å². The normalized spacial score (nSPS) is 10.2. The maximum absolute atomic E-state index is 11.8. The first-order valence-electron chi connectivity index (χ1n) is 5.10. The van der Waals surface area contributed by atoms with E-state index in [1.165, 1.54) is 6.26 Å². The van der Waals surface area contributed by atoms with Crippen molar-refractivity contribution in [3.05, 3.63) is 52.1 Å². The molecule has 1 N–H and O–H groups in total. The van der Waals surface area contributed by atoms with Crippen LogP contribution in [-0.2, 0) is 6.54 Å². The van der Waals surface area contributed by atoms with E-state index >= 15 is 0 Å². The van der Waals surface area contributed by atoms with E-state index in [-0.39, 0.29) is 5.91 Å². The third-order valence-corrected chi connectivity index (χ3v) is 3.01. The van der Waals surface area contributed by atoms with Crippen molar-refractivity contribution in [1.29, 1.82) is 0 Å². The zero-order valence-electron chi connectivity index (χ0n) is 9.24. The minimum atomic E-state index is -0.185. The molecule has 0 unspecified atom stereocenters. The molecule has 2 heterocycles. The number of carbonyl (C=O) groups is 1. The number of furan rings is 1. The minimum absolute atomic E-state index is 0.185. The van der Waals surface area contributed by atoms with Crippen LogP contribution in [0.4, 0.5) is 0 Å². The van der Waals surface area contributed by atoms with Gasteiger partial charge in [0, 0.05) is 6.20 Å². The average Bonchev–Trinajstić information content (AvgIpc) is 2.74. The molecule has 0 aliphatic carbocycles. The number of hydrogen-bond donors (Lipinski definition) is 1. The van der Waals surface area contributed by atoms with Gasteiger partial charge in [-0.2, -0.15) is 0 Å². The molecule has 0 radical (unpaired) electrons. The van der Waals surface area contributed by atoms with Crippen LogP contribution in [0.15, 0.2) is 39.7 Å². The molecule has 2 aromatic heterocycles. The Morgan fingerprint density at radius 2 is 2.35 bits per heavy atom. The zero-order valence-corrected chi connectivity index (χ0v) is 10.8. The molecule has 2 aromatic rings. The molecule has 0 atom stereocenters. The Balaban J connectivity index is 2.02. The zero-order chi connectivity index (χ0) is 12.3. The van der Waals surface area contributed by atoms with E-state index in [0.717, 1.165) is 11.3 Å². The van der Waals surface area contributed by atoms with Crippen molar-refractivity contribution in [2.45, 2.75) is 13.5 Å². The van der Waals surface area contributed by atoms with E-state index in [9.17, 15) is 4.79 Å². The van der Waals surface area contributed by atoms with Crippen LogP contribution in [0.25, 0.3) is 0 Å². The highest BCUT2D eigenvalue weighted by Crippen LogP contribution is 2.17. The van der Waals surface area contributed by atoms with Crippen molar-refractivity contribution in [2.24, 2.45) is 0 Å². The molecule has 17 heavy (non-hydrogen) atoms. The number of halogens is 1. The Hall–Kier alpha value is -1.62. The highest BCUT2D eigenvalue weighted by Gasteiger charge is 2.12. The van der Waals surface area contributed by atoms with E-state index in [2.05, 4.69) is 26.2 Å². The summed E-state index contributed by atoms with van der Waals surface area (Å²) in [4.78, 5) is 16.0. The first-order chi connectivity index (χ1) is 8.18. The summed E-state index contributed by atoms with van der Waals surface area (Å²) in [5.41, 5.74) is 2.40. The van der Waals surface area contributed by atoms with Gasteiger partial charge in [0.15, 0.2) is 4.67 Å². The maximum Gasteiger partial charge on any atom is 0.256 e. The predicted molar refractivity (Wildman–Crippen MR) is 66.6 cm³/mol. The van der Waals surface area contributed by atoms with Gasteiger partial charge in [0.05, 0.1) is 24.1 Å². The van der Waals surface area contributed by atoms with Gasteiger partial charge in [-0.1, -0.05) is 6.07 Å². The SMILES string of the molecule is Cc1cccnc1CNC(=O)c1ccoc1Br. The molecule has 0 aromatic carbocycles. The number of pyridine rings is 1. The third-order valence-electron chi connectivity index (χ3n) is 2.40. The summed E-state index contributed by atoms with van der Waals surface area (Å²) >= 11 is 3.16. The molecule has 88 valence electrons. The number of carbonyl (C=O) groups excluding carboxylic acids is 1. The van der Waals surface area contributed by atoms with E-state index in [4.69, 9.17) is 4.42 Å². The number of rotatable bonds is 3. The largest absolute Gasteiger partial charge is 0.457 e. The lowest BCUT2D eigenvalue weighted by atomic mass is 10.2. The molecule has 0 saturated carbocycles. The van der Waals surface area contributed by atoms with Gasteiger partial charge in [-0.05, 0) is 40.5 Å². The smallest absolute Gasteiger partial charge is 0.256 e. The molecule has 0 bridgehead atoms. The quantitative estimate of drug-likeness (QED) is 0.947. The monoisotopic (exact) mass is 294 g/mol. The molecule has 0 aliphatic rings. The Morgan fingerprint density at radius 1 is 1.53 bits per heavy atom. The van der Waals surface area contributed by atoms with Gasteiger partial charge in [0.25, 0.3) is 5.91 Å². The van der Waals surface area contributed by atoms with Crippen molar-refractivity contribution in [1.82, 2.24) is 10.3 Å². The first-order valence-corrected chi connectivity index (χ1v) is 5.89. The van der Waals surface area contributed by atoms with Crippen LogP contribution in [0.5, 0.6) is 0 Å². The molecular weight excluding hydrogens is 284 g/mol. The van der Waals surface area contributed by atoms with Crippen LogP contribution in [0, 0.1) is 6.92 Å². The highest BCUT2D eigenvalue weighted by molar-refractivity contribution is 9.10. The van der Waals surface area contributed by atoms with Gasteiger partial charge >= 0.3 is 0 Å². The second kappa shape index (κ2) is 5.14. The number of nitrogens with zero attached hydrogens (tertiary/aromatic N) is 1. The van der Waals surface area contributed by atoms with E-state index < -0.39 is 0 Å². The number of amides is 1. The number of aromatic nitrogens is 1. The lowest BCUT2D eigenvalue weighted by Crippen LogP contribution is -2.23. The van der Waals surface area contributed by atoms with Crippen molar-refractivity contribution < 1.29 is 9.21 Å². The number of aryl methyl sites for hydroxylation is 1. The third kappa shape index (κ3) is 2.74. The lowest BCUT2D eigenvalue weighted by molar-refractivity contribution is 0.0948. The molecular formula is C12H11BrN2O2. The number of hydrogen-bond acceptors (Lipinski definition) is 3. The van der Waals surface area contributed by atoms with Gasteiger partial charge in [0.2, 0.25) is 0 Å². The first kappa shape index (κ1) is 11.9. The molecule has 0 spiro atoms. The lowest BCUT2D eigenvalue weighted by Gasteiger charge is -2.05. The van der Waals surface area contributed by atoms with Crippen LogP contribution in [0.3, 0.4) is 0 Å². The molecule has 1 amide bonds. The van der Waals surface area contributed by atoms with E-state index in [0.29, 0.717) is 16.8 Å². The Labute approximate surface area is 107 Å². The summed E-state index contributed by atoms with van der Waals surface area (Å²) in [6.45, 7) is 2.37.